The Balaban J connectivity index is 1.06. The number of nitrogens with one attached hydrogen (secondary N) is 1. The fourth-order valence-corrected chi connectivity index (χ4v) is 8.95. The van der Waals surface area contributed by atoms with Crippen molar-refractivity contribution in [2.24, 2.45) is 10.3 Å². The van der Waals surface area contributed by atoms with E-state index in [0.717, 1.165) is 42.2 Å². The number of β-lactam (4-membered cyclic amide) rings is 1. The van der Waals surface area contributed by atoms with Crippen LogP contribution in [0, 0.1) is 5.82 Å². The molecule has 0 radical (unpaired) electrons. The predicted molar refractivity (Wildman–Crippen MR) is 191 cm³/mol. The number of aliphatic carboxylic acids is 1. The first kappa shape index (κ1) is 35.7. The number of hydrazone groups is 1. The summed E-state index contributed by atoms with van der Waals surface area (Å²) in [4.78, 5) is 48.9. The number of hydrogen-bond acceptors (Lipinski definition) is 12. The van der Waals surface area contributed by atoms with E-state index < -0.39 is 35.0 Å². The number of amides is 2. The zero-order valence-electron chi connectivity index (χ0n) is 27.5. The number of piperidine rings is 1. The number of fused-ring (bicyclic) bond motifs is 2. The van der Waals surface area contributed by atoms with Gasteiger partial charge in [-0.15, -0.1) is 16.3 Å². The summed E-state index contributed by atoms with van der Waals surface area (Å²) >= 11 is 15.0. The average molecular weight is 790 g/mol. The summed E-state index contributed by atoms with van der Waals surface area (Å²) in [5.41, 5.74) is 7.16. The fourth-order valence-electron chi connectivity index (χ4n) is 6.41. The third kappa shape index (κ3) is 6.82. The smallest absolute Gasteiger partial charge is 0.307 e. The lowest BCUT2D eigenvalue weighted by Gasteiger charge is -2.50. The Kier molecular flexibility index (Phi) is 10.1. The maximum atomic E-state index is 15.3. The number of nitrogen functional groups attached to an aromatic ring is 1. The molecule has 3 aliphatic rings. The van der Waals surface area contributed by atoms with Gasteiger partial charge >= 0.3 is 5.65 Å². The number of carboxylic acid groups (broad SMARTS) is 1. The Labute approximate surface area is 314 Å². The fraction of sp³-hybridized carbons (Fsp3) is 0.344. The van der Waals surface area contributed by atoms with E-state index in [1.54, 1.807) is 40.1 Å². The number of oxime groups is 1. The quantitative estimate of drug-likeness (QED) is 0.0994. The zero-order chi connectivity index (χ0) is 36.7. The predicted octanol–water partition coefficient (Wildman–Crippen LogP) is 1.84. The minimum atomic E-state index is -1.52. The number of carbonyl (C=O) groups excluding carboxylic acids is 3. The van der Waals surface area contributed by atoms with Crippen molar-refractivity contribution in [2.75, 3.05) is 31.7 Å². The first-order chi connectivity index (χ1) is 25.0. The van der Waals surface area contributed by atoms with Crippen molar-refractivity contribution in [2.45, 2.75) is 43.8 Å². The highest BCUT2D eigenvalue weighted by molar-refractivity contribution is 8.00. The topological polar surface area (TPSA) is 179 Å². The molecule has 3 N–H and O–H groups in total. The van der Waals surface area contributed by atoms with Crippen LogP contribution in [0.1, 0.15) is 36.1 Å². The Morgan fingerprint density at radius 2 is 2.04 bits per heavy atom. The minimum Gasteiger partial charge on any atom is -0.543 e. The van der Waals surface area contributed by atoms with Gasteiger partial charge in [-0.2, -0.15) is 5.10 Å². The summed E-state index contributed by atoms with van der Waals surface area (Å²) in [5.74, 6) is -3.18. The highest BCUT2D eigenvalue weighted by atomic mass is 35.5. The van der Waals surface area contributed by atoms with Crippen LogP contribution in [0.25, 0.3) is 5.65 Å². The van der Waals surface area contributed by atoms with E-state index in [1.807, 2.05) is 15.6 Å². The standard InChI is InChI=1S/C32H31Cl2FN10O5S2/c1-50-40-24(23-27(34)52-32(36)39-23)28(46)38-25-29(47)45-26(31(48)49)18(16-51-30(25)45)14-43-8-5-22-41(9-10-44(22)43)15-19-20(33)11-17(12-21(19)35)13-37-42-6-3-2-4-7-42/h5,8-13,25,30H,2-4,6-7,14-16H2,1H3,(H3-,36,38,39,46,48,49)/b37-13?,40-24-/t25-,30-/m1/s1. The van der Waals surface area contributed by atoms with Crippen LogP contribution in [-0.2, 0) is 32.3 Å². The van der Waals surface area contributed by atoms with Crippen molar-refractivity contribution < 1.29 is 33.3 Å². The number of benzene rings is 1. The SMILES string of the molecule is CO/N=C(\C(=O)N[C@@H]1C(=O)N2C(C(=O)[O-])=C(Cn3ccc4n3cc[n+]4Cc3c(F)cc(C=NN4CCCCC4)cc3Cl)CS[C@H]12)c1nc(N)sc1Cl. The van der Waals surface area contributed by atoms with E-state index in [1.165, 1.54) is 31.4 Å². The van der Waals surface area contributed by atoms with Crippen LogP contribution >= 0.6 is 46.3 Å². The van der Waals surface area contributed by atoms with Crippen molar-refractivity contribution >= 4 is 86.8 Å². The number of rotatable bonds is 11. The van der Waals surface area contributed by atoms with Crippen LogP contribution in [0.2, 0.25) is 9.36 Å². The number of aromatic nitrogens is 4. The molecule has 6 heterocycles. The first-order valence-corrected chi connectivity index (χ1v) is 18.7. The van der Waals surface area contributed by atoms with Gasteiger partial charge in [0.25, 0.3) is 11.8 Å². The molecule has 2 amide bonds. The van der Waals surface area contributed by atoms with Crippen LogP contribution in [0.5, 0.6) is 0 Å². The van der Waals surface area contributed by atoms with E-state index in [0.29, 0.717) is 22.3 Å². The number of thioether (sulfide) groups is 1. The van der Waals surface area contributed by atoms with Gasteiger partial charge in [-0.25, -0.2) is 18.6 Å². The molecule has 2 saturated heterocycles. The van der Waals surface area contributed by atoms with Gasteiger partial charge in [0.15, 0.2) is 17.0 Å². The molecule has 272 valence electrons. The van der Waals surface area contributed by atoms with Gasteiger partial charge in [0, 0.05) is 24.4 Å². The van der Waals surface area contributed by atoms with Crippen molar-refractivity contribution in [1.82, 2.24) is 29.4 Å². The number of thiazole rings is 1. The van der Waals surface area contributed by atoms with Crippen LogP contribution in [-0.4, -0.2) is 91.2 Å². The van der Waals surface area contributed by atoms with Crippen molar-refractivity contribution in [1.29, 1.82) is 0 Å². The molecule has 7 rings (SSSR count). The number of carboxylic acids is 1. The molecule has 0 saturated carbocycles. The monoisotopic (exact) mass is 788 g/mol. The molecule has 2 atom stereocenters. The molecule has 0 aliphatic carbocycles. The summed E-state index contributed by atoms with van der Waals surface area (Å²) in [6.07, 6.45) is 10.3. The number of halogens is 3. The lowest BCUT2D eigenvalue weighted by molar-refractivity contribution is -0.662. The molecule has 0 spiro atoms. The van der Waals surface area contributed by atoms with E-state index in [9.17, 15) is 19.5 Å². The zero-order valence-corrected chi connectivity index (χ0v) is 30.6. The molecule has 1 aromatic carbocycles. The second kappa shape index (κ2) is 14.8. The number of carbonyl (C=O) groups is 3. The molecule has 2 fully saturated rings. The molecule has 3 aliphatic heterocycles. The highest BCUT2D eigenvalue weighted by Crippen LogP contribution is 2.40. The lowest BCUT2D eigenvalue weighted by Crippen LogP contribution is -2.71. The minimum absolute atomic E-state index is 0.00917. The Morgan fingerprint density at radius 1 is 1.25 bits per heavy atom. The maximum Gasteiger partial charge on any atom is 0.307 e. The van der Waals surface area contributed by atoms with Gasteiger partial charge in [0.05, 0.1) is 41.7 Å². The van der Waals surface area contributed by atoms with Crippen molar-refractivity contribution in [3.63, 3.8) is 0 Å². The summed E-state index contributed by atoms with van der Waals surface area (Å²) in [5, 5.41) is 24.9. The first-order valence-electron chi connectivity index (χ1n) is 16.1. The van der Waals surface area contributed by atoms with Crippen LogP contribution < -0.4 is 20.7 Å². The lowest BCUT2D eigenvalue weighted by atomic mass is 10.0. The van der Waals surface area contributed by atoms with Crippen molar-refractivity contribution in [3.05, 3.63) is 80.1 Å². The summed E-state index contributed by atoms with van der Waals surface area (Å²) in [6.45, 7) is 2.01. The highest BCUT2D eigenvalue weighted by Gasteiger charge is 2.53. The number of anilines is 1. The van der Waals surface area contributed by atoms with Gasteiger partial charge in [0.1, 0.15) is 47.1 Å². The Hall–Kier alpha value is -4.65. The van der Waals surface area contributed by atoms with Gasteiger partial charge in [-0.05, 0) is 42.5 Å². The van der Waals surface area contributed by atoms with E-state index >= 15 is 4.39 Å². The molecule has 0 bridgehead atoms. The second-order valence-electron chi connectivity index (χ2n) is 12.2. The van der Waals surface area contributed by atoms with E-state index in [-0.39, 0.29) is 50.4 Å². The van der Waals surface area contributed by atoms with Gasteiger partial charge in [0.2, 0.25) is 0 Å². The third-order valence-electron chi connectivity index (χ3n) is 8.89. The normalized spacial score (nSPS) is 19.4. The molecule has 52 heavy (non-hydrogen) atoms. The molecule has 15 nitrogen and oxygen atoms in total. The Morgan fingerprint density at radius 3 is 2.73 bits per heavy atom. The maximum absolute atomic E-state index is 15.3. The number of hydrogen-bond donors (Lipinski definition) is 2. The van der Waals surface area contributed by atoms with Gasteiger partial charge in [-0.3, -0.25) is 19.5 Å². The number of imidazole rings is 1. The third-order valence-corrected chi connectivity index (χ3v) is 11.6. The number of nitrogens with zero attached hydrogens (tertiary/aromatic N) is 8. The second-order valence-corrected chi connectivity index (χ2v) is 15.3. The molecular weight excluding hydrogens is 758 g/mol. The van der Waals surface area contributed by atoms with Crippen LogP contribution in [0.4, 0.5) is 9.52 Å². The van der Waals surface area contributed by atoms with E-state index in [2.05, 4.69) is 20.6 Å². The Bertz CT molecular complexity index is 2150. The largest absolute Gasteiger partial charge is 0.543 e. The van der Waals surface area contributed by atoms with E-state index in [4.69, 9.17) is 33.8 Å². The van der Waals surface area contributed by atoms with Crippen LogP contribution in [0.15, 0.2) is 58.3 Å². The molecule has 20 heteroatoms. The van der Waals surface area contributed by atoms with Gasteiger partial charge < -0.3 is 25.8 Å². The summed E-state index contributed by atoms with van der Waals surface area (Å²) < 4.78 is 20.8. The molecule has 0 unspecified atom stereocenters. The molecule has 3 aromatic heterocycles. The molecule has 4 aromatic rings. The number of nitrogens with two attached hydrogens (primary N) is 1. The van der Waals surface area contributed by atoms with Gasteiger partial charge in [-0.1, -0.05) is 39.7 Å². The summed E-state index contributed by atoms with van der Waals surface area (Å²) in [7, 11) is 1.23. The average Bonchev–Trinajstić information content (AvgIpc) is 3.81. The summed E-state index contributed by atoms with van der Waals surface area (Å²) in [6, 6.07) is 3.86. The molecular formula is C32H31Cl2FN10O5S2. The van der Waals surface area contributed by atoms with Crippen molar-refractivity contribution in [3.8, 4) is 0 Å². The van der Waals surface area contributed by atoms with Crippen LogP contribution in [0.3, 0.4) is 0 Å².